The van der Waals surface area contributed by atoms with Crippen molar-refractivity contribution in [2.45, 2.75) is 45.2 Å². The minimum atomic E-state index is -1.07. The summed E-state index contributed by atoms with van der Waals surface area (Å²) in [5.74, 6) is -1.86. The molecule has 1 aromatic heterocycles. The molecule has 0 bridgehead atoms. The first-order valence-corrected chi connectivity index (χ1v) is 9.79. The highest BCUT2D eigenvalue weighted by Crippen LogP contribution is 2.34. The summed E-state index contributed by atoms with van der Waals surface area (Å²) in [6.07, 6.45) is -0.347. The molecule has 2 amide bonds. The molecule has 0 radical (unpaired) electrons. The Morgan fingerprint density at radius 3 is 2.61 bits per heavy atom. The Morgan fingerprint density at radius 1 is 1.32 bits per heavy atom. The average molecular weight is 421 g/mol. The number of anilines is 1. The number of hydrogen-bond acceptors (Lipinski definition) is 6. The molecule has 1 aromatic carbocycles. The zero-order chi connectivity index (χ0) is 22.9. The Balaban J connectivity index is 2.01. The quantitative estimate of drug-likeness (QED) is 0.615. The van der Waals surface area contributed by atoms with E-state index >= 15 is 0 Å². The molecule has 0 saturated carbocycles. The first kappa shape index (κ1) is 21.8. The molecule has 2 aromatic rings. The number of nitrogens with two attached hydrogens (primary N) is 2. The molecule has 160 valence electrons. The van der Waals surface area contributed by atoms with Gasteiger partial charge in [-0.2, -0.15) is 5.26 Å². The van der Waals surface area contributed by atoms with Crippen LogP contribution in [0.4, 0.5) is 5.82 Å². The van der Waals surface area contributed by atoms with Crippen LogP contribution in [0.5, 0.6) is 0 Å². The second-order valence-corrected chi connectivity index (χ2v) is 7.78. The van der Waals surface area contributed by atoms with Crippen LogP contribution < -0.4 is 11.5 Å². The Morgan fingerprint density at radius 2 is 2.03 bits per heavy atom. The van der Waals surface area contributed by atoms with E-state index in [1.54, 1.807) is 24.3 Å². The highest BCUT2D eigenvalue weighted by atomic mass is 16.4. The van der Waals surface area contributed by atoms with Gasteiger partial charge in [0.15, 0.2) is 0 Å². The number of carboxylic acids is 1. The largest absolute Gasteiger partial charge is 0.481 e. The lowest BCUT2D eigenvalue weighted by atomic mass is 9.93. The van der Waals surface area contributed by atoms with Crippen LogP contribution in [0.3, 0.4) is 0 Å². The van der Waals surface area contributed by atoms with Crippen molar-refractivity contribution in [1.82, 2.24) is 9.88 Å². The zero-order valence-electron chi connectivity index (χ0n) is 17.3. The van der Waals surface area contributed by atoms with Crippen molar-refractivity contribution in [3.05, 3.63) is 46.5 Å². The highest BCUT2D eigenvalue weighted by molar-refractivity contribution is 6.01. The predicted molar refractivity (Wildman–Crippen MR) is 113 cm³/mol. The summed E-state index contributed by atoms with van der Waals surface area (Å²) in [5.41, 5.74) is 14.7. The van der Waals surface area contributed by atoms with Crippen molar-refractivity contribution in [1.29, 1.82) is 5.26 Å². The number of nitrogens with zero attached hydrogens (tertiary/aromatic N) is 3. The van der Waals surface area contributed by atoms with E-state index in [1.807, 2.05) is 13.8 Å². The van der Waals surface area contributed by atoms with Crippen LogP contribution in [-0.4, -0.2) is 38.8 Å². The van der Waals surface area contributed by atoms with Gasteiger partial charge in [0.05, 0.1) is 11.3 Å². The number of aromatic nitrogens is 1. The molecule has 1 aliphatic heterocycles. The van der Waals surface area contributed by atoms with Gasteiger partial charge in [0, 0.05) is 24.1 Å². The number of carbonyl (C=O) groups excluding carboxylic acids is 2. The summed E-state index contributed by atoms with van der Waals surface area (Å²) in [5, 5.41) is 18.6. The summed E-state index contributed by atoms with van der Waals surface area (Å²) < 4.78 is 0. The molecule has 0 saturated heterocycles. The van der Waals surface area contributed by atoms with E-state index < -0.39 is 17.9 Å². The maximum absolute atomic E-state index is 12.8. The number of carboxylic acid groups (broad SMARTS) is 1. The smallest absolute Gasteiger partial charge is 0.303 e. The van der Waals surface area contributed by atoms with Gasteiger partial charge in [0.25, 0.3) is 5.91 Å². The summed E-state index contributed by atoms with van der Waals surface area (Å²) in [7, 11) is 0. The third kappa shape index (κ3) is 4.19. The summed E-state index contributed by atoms with van der Waals surface area (Å²) in [4.78, 5) is 41.3. The molecular formula is C22H23N5O4. The number of hydrogen-bond donors (Lipinski definition) is 3. The van der Waals surface area contributed by atoms with E-state index in [9.17, 15) is 19.6 Å². The van der Waals surface area contributed by atoms with Gasteiger partial charge in [0.2, 0.25) is 5.91 Å². The van der Waals surface area contributed by atoms with E-state index in [2.05, 4.69) is 11.1 Å². The second kappa shape index (κ2) is 8.44. The number of aliphatic carboxylic acids is 1. The molecule has 0 fully saturated rings. The van der Waals surface area contributed by atoms with E-state index in [1.165, 1.54) is 4.90 Å². The fraction of sp³-hybridized carbons (Fsp3) is 0.318. The van der Waals surface area contributed by atoms with Gasteiger partial charge in [-0.25, -0.2) is 4.98 Å². The number of primary amides is 1. The van der Waals surface area contributed by atoms with Crippen LogP contribution in [0.2, 0.25) is 0 Å². The Bertz CT molecular complexity index is 1120. The molecule has 1 atom stereocenters. The van der Waals surface area contributed by atoms with Crippen molar-refractivity contribution in [2.75, 3.05) is 5.73 Å². The number of rotatable bonds is 7. The first-order chi connectivity index (χ1) is 14.6. The Labute approximate surface area is 179 Å². The number of benzene rings is 1. The molecule has 0 spiro atoms. The predicted octanol–water partition coefficient (Wildman–Crippen LogP) is 2.00. The second-order valence-electron chi connectivity index (χ2n) is 7.78. The van der Waals surface area contributed by atoms with E-state index in [-0.39, 0.29) is 31.2 Å². The van der Waals surface area contributed by atoms with Crippen LogP contribution in [0.1, 0.15) is 59.7 Å². The molecule has 9 nitrogen and oxygen atoms in total. The molecule has 1 aliphatic rings. The number of carbonyl (C=O) groups is 3. The molecule has 0 aliphatic carbocycles. The summed E-state index contributed by atoms with van der Waals surface area (Å²) in [6, 6.07) is 7.91. The topological polar surface area (TPSA) is 163 Å². The fourth-order valence-corrected chi connectivity index (χ4v) is 3.82. The lowest BCUT2D eigenvalue weighted by Crippen LogP contribution is -2.45. The van der Waals surface area contributed by atoms with Crippen molar-refractivity contribution in [2.24, 2.45) is 5.73 Å². The molecule has 1 unspecified atom stereocenters. The van der Waals surface area contributed by atoms with Crippen molar-refractivity contribution >= 4 is 23.6 Å². The van der Waals surface area contributed by atoms with Crippen LogP contribution in [0.25, 0.3) is 11.3 Å². The Hall–Kier alpha value is -3.93. The highest BCUT2D eigenvalue weighted by Gasteiger charge is 2.36. The minimum absolute atomic E-state index is 0.0651. The third-order valence-electron chi connectivity index (χ3n) is 5.35. The fourth-order valence-electron chi connectivity index (χ4n) is 3.82. The number of nitriles is 1. The van der Waals surface area contributed by atoms with Crippen molar-refractivity contribution < 1.29 is 19.5 Å². The van der Waals surface area contributed by atoms with Gasteiger partial charge in [-0.3, -0.25) is 14.4 Å². The van der Waals surface area contributed by atoms with E-state index in [0.29, 0.717) is 33.8 Å². The minimum Gasteiger partial charge on any atom is -0.481 e. The zero-order valence-corrected chi connectivity index (χ0v) is 17.3. The maximum Gasteiger partial charge on any atom is 0.303 e. The standard InChI is InChI=1S/C22H23N5O4/c1-11(2)15-8-18(24)26-20(16(15)9-23)12-3-4-14-13(7-12)10-27(22(14)31)17(21(25)30)5-6-19(28)29/h3-4,7-8,11,17H,5-6,10H2,1-2H3,(H2,24,26)(H2,25,30)(H,28,29). The van der Waals surface area contributed by atoms with Gasteiger partial charge in [0.1, 0.15) is 17.9 Å². The van der Waals surface area contributed by atoms with E-state index in [4.69, 9.17) is 16.6 Å². The number of amides is 2. The first-order valence-electron chi connectivity index (χ1n) is 9.79. The Kier molecular flexibility index (Phi) is 5.92. The molecular weight excluding hydrogens is 398 g/mol. The van der Waals surface area contributed by atoms with Crippen LogP contribution in [-0.2, 0) is 16.1 Å². The van der Waals surface area contributed by atoms with Gasteiger partial charge < -0.3 is 21.5 Å². The number of nitrogen functional groups attached to an aromatic ring is 1. The van der Waals surface area contributed by atoms with Gasteiger partial charge in [-0.1, -0.05) is 19.9 Å². The lowest BCUT2D eigenvalue weighted by molar-refractivity contribution is -0.137. The van der Waals surface area contributed by atoms with Crippen molar-refractivity contribution in [3.63, 3.8) is 0 Å². The molecule has 9 heteroatoms. The summed E-state index contributed by atoms with van der Waals surface area (Å²) >= 11 is 0. The normalized spacial score (nSPS) is 13.7. The summed E-state index contributed by atoms with van der Waals surface area (Å²) in [6.45, 7) is 4.02. The average Bonchev–Trinajstić information content (AvgIpc) is 3.02. The maximum atomic E-state index is 12.8. The number of fused-ring (bicyclic) bond motifs is 1. The van der Waals surface area contributed by atoms with Crippen molar-refractivity contribution in [3.8, 4) is 17.3 Å². The SMILES string of the molecule is CC(C)c1cc(N)nc(-c2ccc3c(c2)CN(C(CCC(=O)O)C(N)=O)C3=O)c1C#N. The number of pyridine rings is 1. The van der Waals surface area contributed by atoms with Crippen LogP contribution in [0, 0.1) is 11.3 Å². The van der Waals surface area contributed by atoms with E-state index in [0.717, 1.165) is 5.56 Å². The molecule has 5 N–H and O–H groups in total. The molecule has 31 heavy (non-hydrogen) atoms. The lowest BCUT2D eigenvalue weighted by Gasteiger charge is -2.24. The molecule has 2 heterocycles. The molecule has 3 rings (SSSR count). The van der Waals surface area contributed by atoms with Gasteiger partial charge in [-0.15, -0.1) is 0 Å². The van der Waals surface area contributed by atoms with Gasteiger partial charge >= 0.3 is 5.97 Å². The van der Waals surface area contributed by atoms with Crippen LogP contribution >= 0.6 is 0 Å². The van der Waals surface area contributed by atoms with Gasteiger partial charge in [-0.05, 0) is 41.7 Å². The third-order valence-corrected chi connectivity index (χ3v) is 5.35. The van der Waals surface area contributed by atoms with Crippen LogP contribution in [0.15, 0.2) is 24.3 Å². The monoisotopic (exact) mass is 421 g/mol.